The SMILES string of the molecule is CCNC(=NCc1coc(-c2ccccc2)n1)NCc1nncn1CC. The van der Waals surface area contributed by atoms with Gasteiger partial charge in [-0.15, -0.1) is 10.2 Å². The average molecular weight is 353 g/mol. The summed E-state index contributed by atoms with van der Waals surface area (Å²) in [5.74, 6) is 2.16. The van der Waals surface area contributed by atoms with Crippen LogP contribution in [0.4, 0.5) is 0 Å². The summed E-state index contributed by atoms with van der Waals surface area (Å²) in [6.07, 6.45) is 3.37. The van der Waals surface area contributed by atoms with Crippen LogP contribution in [0, 0.1) is 0 Å². The van der Waals surface area contributed by atoms with Crippen molar-refractivity contribution in [1.29, 1.82) is 0 Å². The number of nitrogens with one attached hydrogen (secondary N) is 2. The molecular weight excluding hydrogens is 330 g/mol. The van der Waals surface area contributed by atoms with E-state index in [1.807, 2.05) is 41.8 Å². The number of oxazole rings is 1. The molecular formula is C18H23N7O. The second kappa shape index (κ2) is 8.80. The van der Waals surface area contributed by atoms with Crippen LogP contribution < -0.4 is 10.6 Å². The zero-order valence-corrected chi connectivity index (χ0v) is 15.0. The number of aryl methyl sites for hydroxylation is 1. The fraction of sp³-hybridized carbons (Fsp3) is 0.333. The predicted molar refractivity (Wildman–Crippen MR) is 99.3 cm³/mol. The average Bonchev–Trinajstić information content (AvgIpc) is 3.34. The Kier molecular flexibility index (Phi) is 5.97. The number of benzene rings is 1. The molecule has 0 unspecified atom stereocenters. The Morgan fingerprint density at radius 1 is 1.19 bits per heavy atom. The van der Waals surface area contributed by atoms with Crippen molar-refractivity contribution in [3.8, 4) is 11.5 Å². The molecule has 8 heteroatoms. The van der Waals surface area contributed by atoms with Crippen LogP contribution in [-0.2, 0) is 19.6 Å². The number of rotatable bonds is 7. The molecule has 0 spiro atoms. The molecule has 3 aromatic rings. The molecule has 0 aliphatic heterocycles. The molecule has 26 heavy (non-hydrogen) atoms. The van der Waals surface area contributed by atoms with Gasteiger partial charge in [-0.1, -0.05) is 18.2 Å². The molecule has 1 aromatic carbocycles. The molecule has 0 atom stereocenters. The molecule has 8 nitrogen and oxygen atoms in total. The molecule has 0 saturated heterocycles. The minimum atomic E-state index is 0.423. The van der Waals surface area contributed by atoms with E-state index in [0.29, 0.717) is 24.9 Å². The zero-order valence-electron chi connectivity index (χ0n) is 15.0. The first-order chi connectivity index (χ1) is 12.8. The van der Waals surface area contributed by atoms with Crippen molar-refractivity contribution in [2.75, 3.05) is 6.54 Å². The van der Waals surface area contributed by atoms with E-state index in [4.69, 9.17) is 4.42 Å². The molecule has 0 radical (unpaired) electrons. The van der Waals surface area contributed by atoms with E-state index in [1.54, 1.807) is 12.6 Å². The van der Waals surface area contributed by atoms with E-state index in [-0.39, 0.29) is 0 Å². The summed E-state index contributed by atoms with van der Waals surface area (Å²) in [7, 11) is 0. The molecule has 0 aliphatic rings. The minimum Gasteiger partial charge on any atom is -0.444 e. The summed E-state index contributed by atoms with van der Waals surface area (Å²) in [5.41, 5.74) is 1.73. The van der Waals surface area contributed by atoms with Crippen LogP contribution in [0.2, 0.25) is 0 Å². The number of aliphatic imine (C=N–C) groups is 1. The largest absolute Gasteiger partial charge is 0.444 e. The summed E-state index contributed by atoms with van der Waals surface area (Å²) >= 11 is 0. The van der Waals surface area contributed by atoms with Gasteiger partial charge >= 0.3 is 0 Å². The van der Waals surface area contributed by atoms with Crippen LogP contribution >= 0.6 is 0 Å². The topological polar surface area (TPSA) is 93.2 Å². The Balaban J connectivity index is 1.63. The summed E-state index contributed by atoms with van der Waals surface area (Å²) in [4.78, 5) is 9.05. The van der Waals surface area contributed by atoms with Gasteiger partial charge in [0.25, 0.3) is 0 Å². The molecule has 0 bridgehead atoms. The van der Waals surface area contributed by atoms with Crippen LogP contribution in [-0.4, -0.2) is 32.3 Å². The third kappa shape index (κ3) is 4.47. The van der Waals surface area contributed by atoms with E-state index in [9.17, 15) is 0 Å². The first-order valence-corrected chi connectivity index (χ1v) is 8.68. The highest BCUT2D eigenvalue weighted by atomic mass is 16.3. The van der Waals surface area contributed by atoms with Crippen LogP contribution in [0.1, 0.15) is 25.4 Å². The lowest BCUT2D eigenvalue weighted by atomic mass is 10.2. The lowest BCUT2D eigenvalue weighted by molar-refractivity contribution is 0.572. The summed E-state index contributed by atoms with van der Waals surface area (Å²) < 4.78 is 7.54. The van der Waals surface area contributed by atoms with Gasteiger partial charge in [-0.25, -0.2) is 9.98 Å². The van der Waals surface area contributed by atoms with Crippen LogP contribution in [0.25, 0.3) is 11.5 Å². The van der Waals surface area contributed by atoms with Gasteiger partial charge in [-0.05, 0) is 26.0 Å². The molecule has 2 N–H and O–H groups in total. The highest BCUT2D eigenvalue weighted by Crippen LogP contribution is 2.18. The maximum atomic E-state index is 5.55. The van der Waals surface area contributed by atoms with Crippen LogP contribution in [0.3, 0.4) is 0 Å². The summed E-state index contributed by atoms with van der Waals surface area (Å²) in [6, 6.07) is 9.81. The van der Waals surface area contributed by atoms with Crippen molar-refractivity contribution in [1.82, 2.24) is 30.4 Å². The molecule has 0 fully saturated rings. The zero-order chi connectivity index (χ0) is 18.2. The highest BCUT2D eigenvalue weighted by Gasteiger charge is 2.07. The lowest BCUT2D eigenvalue weighted by Crippen LogP contribution is -2.37. The van der Waals surface area contributed by atoms with Crippen LogP contribution in [0.15, 0.2) is 52.3 Å². The highest BCUT2D eigenvalue weighted by molar-refractivity contribution is 5.79. The first-order valence-electron chi connectivity index (χ1n) is 8.68. The molecule has 0 saturated carbocycles. The first kappa shape index (κ1) is 17.7. The second-order valence-corrected chi connectivity index (χ2v) is 5.59. The van der Waals surface area contributed by atoms with Crippen molar-refractivity contribution >= 4 is 5.96 Å². The molecule has 3 rings (SSSR count). The van der Waals surface area contributed by atoms with Gasteiger partial charge < -0.3 is 19.6 Å². The van der Waals surface area contributed by atoms with Crippen molar-refractivity contribution < 1.29 is 4.42 Å². The van der Waals surface area contributed by atoms with E-state index in [1.165, 1.54) is 0 Å². The molecule has 0 aliphatic carbocycles. The Morgan fingerprint density at radius 3 is 2.81 bits per heavy atom. The number of hydrogen-bond acceptors (Lipinski definition) is 5. The van der Waals surface area contributed by atoms with Gasteiger partial charge in [0, 0.05) is 18.7 Å². The van der Waals surface area contributed by atoms with Crippen molar-refractivity contribution in [2.45, 2.75) is 33.5 Å². The van der Waals surface area contributed by atoms with E-state index in [0.717, 1.165) is 30.2 Å². The van der Waals surface area contributed by atoms with Gasteiger partial charge in [0.15, 0.2) is 11.8 Å². The summed E-state index contributed by atoms with van der Waals surface area (Å²) in [5, 5.41) is 14.5. The minimum absolute atomic E-state index is 0.423. The number of guanidine groups is 1. The Hall–Kier alpha value is -3.16. The van der Waals surface area contributed by atoms with Crippen molar-refractivity contribution in [2.24, 2.45) is 4.99 Å². The van der Waals surface area contributed by atoms with E-state index >= 15 is 0 Å². The second-order valence-electron chi connectivity index (χ2n) is 5.59. The summed E-state index contributed by atoms with van der Waals surface area (Å²) in [6.45, 7) is 6.65. The molecule has 2 aromatic heterocycles. The van der Waals surface area contributed by atoms with E-state index < -0.39 is 0 Å². The normalized spacial score (nSPS) is 11.5. The van der Waals surface area contributed by atoms with Crippen molar-refractivity contribution in [3.05, 3.63) is 54.4 Å². The van der Waals surface area contributed by atoms with Gasteiger partial charge in [-0.3, -0.25) is 0 Å². The standard InChI is InChI=1S/C18H23N7O/c1-3-19-18(21-11-16-24-22-13-25(16)4-2)20-10-15-12-26-17(23-15)14-8-6-5-7-9-14/h5-9,12-13H,3-4,10-11H2,1-2H3,(H2,19,20,21). The predicted octanol–water partition coefficient (Wildman–Crippen LogP) is 2.21. The van der Waals surface area contributed by atoms with Gasteiger partial charge in [0.05, 0.1) is 13.1 Å². The Labute approximate surface area is 152 Å². The molecule has 0 amide bonds. The monoisotopic (exact) mass is 353 g/mol. The molecule has 2 heterocycles. The van der Waals surface area contributed by atoms with Gasteiger partial charge in [0.1, 0.15) is 18.3 Å². The third-order valence-electron chi connectivity index (χ3n) is 3.77. The maximum absolute atomic E-state index is 5.55. The fourth-order valence-electron chi connectivity index (χ4n) is 2.44. The maximum Gasteiger partial charge on any atom is 0.226 e. The Morgan fingerprint density at radius 2 is 2.04 bits per heavy atom. The fourth-order valence-corrected chi connectivity index (χ4v) is 2.44. The smallest absolute Gasteiger partial charge is 0.226 e. The van der Waals surface area contributed by atoms with Gasteiger partial charge in [0.2, 0.25) is 5.89 Å². The van der Waals surface area contributed by atoms with E-state index in [2.05, 4.69) is 37.7 Å². The number of nitrogens with zero attached hydrogens (tertiary/aromatic N) is 5. The number of aromatic nitrogens is 4. The van der Waals surface area contributed by atoms with Crippen LogP contribution in [0.5, 0.6) is 0 Å². The quantitative estimate of drug-likeness (QED) is 0.500. The molecule has 136 valence electrons. The Bertz CT molecular complexity index is 838. The van der Waals surface area contributed by atoms with Crippen molar-refractivity contribution in [3.63, 3.8) is 0 Å². The third-order valence-corrected chi connectivity index (χ3v) is 3.77. The lowest BCUT2D eigenvalue weighted by Gasteiger charge is -2.10. The number of hydrogen-bond donors (Lipinski definition) is 2. The van der Waals surface area contributed by atoms with Gasteiger partial charge in [-0.2, -0.15) is 0 Å².